The average molecular weight is 239 g/mol. The molecular weight excluding hydrogens is 226 g/mol. The van der Waals surface area contributed by atoms with Gasteiger partial charge in [0.2, 0.25) is 0 Å². The van der Waals surface area contributed by atoms with Gasteiger partial charge in [-0.05, 0) is 29.8 Å². The maximum Gasteiger partial charge on any atom is 0.126 e. The maximum atomic E-state index is 9.02. The van der Waals surface area contributed by atoms with Crippen molar-refractivity contribution in [2.45, 2.75) is 0 Å². The maximum absolute atomic E-state index is 9.02. The summed E-state index contributed by atoms with van der Waals surface area (Å²) in [6, 6.07) is 15.2. The van der Waals surface area contributed by atoms with Crippen LogP contribution in [0.25, 0.3) is 11.1 Å². The normalized spacial score (nSPS) is 9.61. The van der Waals surface area contributed by atoms with Crippen LogP contribution in [0.2, 0.25) is 0 Å². The van der Waals surface area contributed by atoms with Crippen molar-refractivity contribution in [1.82, 2.24) is 0 Å². The molecule has 2 rings (SSSR count). The third kappa shape index (κ3) is 2.28. The van der Waals surface area contributed by atoms with Crippen molar-refractivity contribution >= 4 is 0 Å². The Balaban J connectivity index is 2.60. The summed E-state index contributed by atoms with van der Waals surface area (Å²) >= 11 is 0. The van der Waals surface area contributed by atoms with E-state index in [4.69, 9.17) is 14.7 Å². The van der Waals surface area contributed by atoms with Crippen LogP contribution in [-0.4, -0.2) is 14.2 Å². The lowest BCUT2D eigenvalue weighted by Crippen LogP contribution is -1.90. The van der Waals surface area contributed by atoms with Crippen molar-refractivity contribution in [3.63, 3.8) is 0 Å². The van der Waals surface area contributed by atoms with Gasteiger partial charge in [0.1, 0.15) is 11.5 Å². The zero-order valence-corrected chi connectivity index (χ0v) is 10.3. The zero-order valence-electron chi connectivity index (χ0n) is 10.3. The summed E-state index contributed by atoms with van der Waals surface area (Å²) in [5.74, 6) is 1.43. The van der Waals surface area contributed by atoms with Crippen LogP contribution in [0.4, 0.5) is 0 Å². The minimum Gasteiger partial charge on any atom is -0.497 e. The summed E-state index contributed by atoms with van der Waals surface area (Å²) in [7, 11) is 3.21. The van der Waals surface area contributed by atoms with E-state index in [2.05, 4.69) is 6.07 Å². The van der Waals surface area contributed by atoms with Gasteiger partial charge in [-0.3, -0.25) is 0 Å². The number of rotatable bonds is 3. The minimum absolute atomic E-state index is 0.565. The summed E-state index contributed by atoms with van der Waals surface area (Å²) in [4.78, 5) is 0. The summed E-state index contributed by atoms with van der Waals surface area (Å²) in [5.41, 5.74) is 2.41. The molecule has 0 aliphatic heterocycles. The lowest BCUT2D eigenvalue weighted by molar-refractivity contribution is 0.413. The molecule has 3 nitrogen and oxygen atoms in total. The van der Waals surface area contributed by atoms with E-state index < -0.39 is 0 Å². The second-order valence-corrected chi connectivity index (χ2v) is 3.76. The van der Waals surface area contributed by atoms with Crippen molar-refractivity contribution in [1.29, 1.82) is 5.26 Å². The predicted molar refractivity (Wildman–Crippen MR) is 69.7 cm³/mol. The van der Waals surface area contributed by atoms with Gasteiger partial charge in [0.25, 0.3) is 0 Å². The summed E-state index contributed by atoms with van der Waals surface area (Å²) in [6.07, 6.45) is 0. The highest BCUT2D eigenvalue weighted by Gasteiger charge is 2.08. The summed E-state index contributed by atoms with van der Waals surface area (Å²) in [6.45, 7) is 0. The second-order valence-electron chi connectivity index (χ2n) is 3.76. The van der Waals surface area contributed by atoms with Gasteiger partial charge in [-0.25, -0.2) is 0 Å². The Labute approximate surface area is 106 Å². The number of methoxy groups -OCH3 is 2. The second kappa shape index (κ2) is 5.24. The Morgan fingerprint density at radius 2 is 1.78 bits per heavy atom. The lowest BCUT2D eigenvalue weighted by atomic mass is 10.0. The average Bonchev–Trinajstić information content (AvgIpc) is 2.46. The number of nitrogens with zero attached hydrogens (tertiary/aromatic N) is 1. The first kappa shape index (κ1) is 12.0. The number of nitriles is 1. The highest BCUT2D eigenvalue weighted by Crippen LogP contribution is 2.32. The molecule has 0 aliphatic rings. The molecule has 0 saturated heterocycles. The fourth-order valence-corrected chi connectivity index (χ4v) is 1.82. The van der Waals surface area contributed by atoms with E-state index in [1.807, 2.05) is 36.4 Å². The molecule has 3 heteroatoms. The first-order valence-corrected chi connectivity index (χ1v) is 5.51. The standard InChI is InChI=1S/C15H13NO2/c1-17-13-8-11(10-16)7-12(9-13)14-5-3-4-6-15(14)18-2/h3-9H,1-2H3. The van der Waals surface area contributed by atoms with Crippen LogP contribution in [-0.2, 0) is 0 Å². The lowest BCUT2D eigenvalue weighted by Gasteiger charge is -2.10. The van der Waals surface area contributed by atoms with E-state index in [1.165, 1.54) is 0 Å². The van der Waals surface area contributed by atoms with Crippen molar-refractivity contribution in [3.05, 3.63) is 48.0 Å². The van der Waals surface area contributed by atoms with Crippen LogP contribution in [0.1, 0.15) is 5.56 Å². The number of hydrogen-bond acceptors (Lipinski definition) is 3. The van der Waals surface area contributed by atoms with Gasteiger partial charge in [0.15, 0.2) is 0 Å². The van der Waals surface area contributed by atoms with Crippen LogP contribution in [0.15, 0.2) is 42.5 Å². The van der Waals surface area contributed by atoms with Crippen molar-refractivity contribution in [2.24, 2.45) is 0 Å². The topological polar surface area (TPSA) is 42.2 Å². The largest absolute Gasteiger partial charge is 0.497 e. The number of ether oxygens (including phenoxy) is 2. The highest BCUT2D eigenvalue weighted by molar-refractivity contribution is 5.73. The van der Waals surface area contributed by atoms with Gasteiger partial charge < -0.3 is 9.47 Å². The molecule has 0 radical (unpaired) electrons. The predicted octanol–water partition coefficient (Wildman–Crippen LogP) is 3.24. The molecule has 2 aromatic rings. The Hall–Kier alpha value is -2.47. The molecule has 0 heterocycles. The van der Waals surface area contributed by atoms with E-state index in [0.717, 1.165) is 16.9 Å². The Morgan fingerprint density at radius 3 is 2.44 bits per heavy atom. The molecule has 0 fully saturated rings. The summed E-state index contributed by atoms with van der Waals surface area (Å²) in [5, 5.41) is 9.02. The molecular formula is C15H13NO2. The van der Waals surface area contributed by atoms with E-state index in [1.54, 1.807) is 20.3 Å². The molecule has 0 spiro atoms. The van der Waals surface area contributed by atoms with Gasteiger partial charge in [-0.15, -0.1) is 0 Å². The van der Waals surface area contributed by atoms with Crippen LogP contribution in [0.5, 0.6) is 11.5 Å². The van der Waals surface area contributed by atoms with E-state index >= 15 is 0 Å². The first-order chi connectivity index (χ1) is 8.78. The number of benzene rings is 2. The van der Waals surface area contributed by atoms with Crippen LogP contribution in [0.3, 0.4) is 0 Å². The Bertz CT molecular complexity index is 600. The molecule has 90 valence electrons. The van der Waals surface area contributed by atoms with E-state index in [9.17, 15) is 0 Å². The Kier molecular flexibility index (Phi) is 3.49. The van der Waals surface area contributed by atoms with E-state index in [0.29, 0.717) is 11.3 Å². The number of hydrogen-bond donors (Lipinski definition) is 0. The van der Waals surface area contributed by atoms with Gasteiger partial charge in [0, 0.05) is 5.56 Å². The molecule has 0 saturated carbocycles. The molecule has 0 amide bonds. The fraction of sp³-hybridized carbons (Fsp3) is 0.133. The molecule has 0 bridgehead atoms. The van der Waals surface area contributed by atoms with Crippen LogP contribution >= 0.6 is 0 Å². The molecule has 0 aromatic heterocycles. The number of para-hydroxylation sites is 1. The molecule has 0 N–H and O–H groups in total. The minimum atomic E-state index is 0.565. The zero-order chi connectivity index (χ0) is 13.0. The van der Waals surface area contributed by atoms with Gasteiger partial charge >= 0.3 is 0 Å². The van der Waals surface area contributed by atoms with Crippen LogP contribution < -0.4 is 9.47 Å². The molecule has 18 heavy (non-hydrogen) atoms. The molecule has 0 unspecified atom stereocenters. The first-order valence-electron chi connectivity index (χ1n) is 5.51. The van der Waals surface area contributed by atoms with Crippen molar-refractivity contribution in [3.8, 4) is 28.7 Å². The molecule has 2 aromatic carbocycles. The van der Waals surface area contributed by atoms with Crippen LogP contribution in [0, 0.1) is 11.3 Å². The quantitative estimate of drug-likeness (QED) is 0.825. The third-order valence-corrected chi connectivity index (χ3v) is 2.69. The van der Waals surface area contributed by atoms with Crippen molar-refractivity contribution in [2.75, 3.05) is 14.2 Å². The highest BCUT2D eigenvalue weighted by atomic mass is 16.5. The van der Waals surface area contributed by atoms with Gasteiger partial charge in [0.05, 0.1) is 25.9 Å². The van der Waals surface area contributed by atoms with Crippen molar-refractivity contribution < 1.29 is 9.47 Å². The SMILES string of the molecule is COc1cc(C#N)cc(-c2ccccc2OC)c1. The fourth-order valence-electron chi connectivity index (χ4n) is 1.82. The third-order valence-electron chi connectivity index (χ3n) is 2.69. The molecule has 0 atom stereocenters. The summed E-state index contributed by atoms with van der Waals surface area (Å²) < 4.78 is 10.5. The van der Waals surface area contributed by atoms with Gasteiger partial charge in [-0.2, -0.15) is 5.26 Å². The van der Waals surface area contributed by atoms with E-state index in [-0.39, 0.29) is 0 Å². The van der Waals surface area contributed by atoms with Gasteiger partial charge in [-0.1, -0.05) is 18.2 Å². The molecule has 0 aliphatic carbocycles. The monoisotopic (exact) mass is 239 g/mol. The smallest absolute Gasteiger partial charge is 0.126 e. The Morgan fingerprint density at radius 1 is 1.00 bits per heavy atom.